The fourth-order valence-corrected chi connectivity index (χ4v) is 3.69. The van der Waals surface area contributed by atoms with Crippen LogP contribution in [0, 0.1) is 17.2 Å². The number of carbonyl (C=O) groups is 1. The van der Waals surface area contributed by atoms with Gasteiger partial charge in [0.05, 0.1) is 5.56 Å². The van der Waals surface area contributed by atoms with Gasteiger partial charge in [0.1, 0.15) is 17.6 Å². The number of alkyl halides is 3. The van der Waals surface area contributed by atoms with Gasteiger partial charge < -0.3 is 20.1 Å². The lowest BCUT2D eigenvalue weighted by Gasteiger charge is -2.21. The van der Waals surface area contributed by atoms with Crippen molar-refractivity contribution in [3.8, 4) is 22.9 Å². The number of aliphatic hydroxyl groups excluding tert-OH is 1. The van der Waals surface area contributed by atoms with E-state index in [0.717, 1.165) is 18.6 Å². The Morgan fingerprint density at radius 3 is 2.51 bits per heavy atom. The van der Waals surface area contributed by atoms with Crippen LogP contribution >= 0.6 is 0 Å². The molecule has 35 heavy (non-hydrogen) atoms. The average Bonchev–Trinajstić information content (AvgIpc) is 3.33. The van der Waals surface area contributed by atoms with Crippen molar-refractivity contribution in [2.75, 3.05) is 29.9 Å². The highest BCUT2D eigenvalue weighted by Gasteiger charge is 2.31. The Kier molecular flexibility index (Phi) is 6.79. The molecule has 0 saturated carbocycles. The van der Waals surface area contributed by atoms with Gasteiger partial charge >= 0.3 is 6.36 Å². The molecule has 1 unspecified atom stereocenters. The maximum atomic E-state index is 12.9. The molecule has 1 aromatic carbocycles. The van der Waals surface area contributed by atoms with E-state index in [4.69, 9.17) is 5.26 Å². The van der Waals surface area contributed by atoms with E-state index in [1.54, 1.807) is 6.07 Å². The quantitative estimate of drug-likeness (QED) is 0.546. The van der Waals surface area contributed by atoms with E-state index in [0.29, 0.717) is 30.0 Å². The van der Waals surface area contributed by atoms with Gasteiger partial charge in [0.2, 0.25) is 5.82 Å². The van der Waals surface area contributed by atoms with Gasteiger partial charge in [0, 0.05) is 61.0 Å². The number of benzene rings is 1. The second-order valence-corrected chi connectivity index (χ2v) is 7.81. The zero-order valence-electron chi connectivity index (χ0n) is 18.2. The van der Waals surface area contributed by atoms with Gasteiger partial charge in [-0.05, 0) is 36.8 Å². The maximum absolute atomic E-state index is 12.9. The SMILES string of the molecule is N#Cc1ncc(-c2cc(C(=O)Nc3ccc(OC(F)(F)F)cc3)cnc2N2CCC(CO)C2)cn1. The summed E-state index contributed by atoms with van der Waals surface area (Å²) in [6, 6.07) is 8.22. The van der Waals surface area contributed by atoms with Crippen molar-refractivity contribution in [3.05, 3.63) is 60.3 Å². The van der Waals surface area contributed by atoms with Crippen molar-refractivity contribution in [1.29, 1.82) is 5.26 Å². The normalized spacial score (nSPS) is 15.5. The van der Waals surface area contributed by atoms with Crippen LogP contribution in [0.1, 0.15) is 22.6 Å². The van der Waals surface area contributed by atoms with Crippen LogP contribution in [0.3, 0.4) is 0 Å². The van der Waals surface area contributed by atoms with Crippen LogP contribution in [0.5, 0.6) is 5.75 Å². The van der Waals surface area contributed by atoms with Gasteiger partial charge in [-0.3, -0.25) is 4.79 Å². The van der Waals surface area contributed by atoms with Gasteiger partial charge in [0.15, 0.2) is 0 Å². The lowest BCUT2D eigenvalue weighted by atomic mass is 10.1. The number of nitriles is 1. The van der Waals surface area contributed by atoms with E-state index < -0.39 is 18.0 Å². The molecule has 1 atom stereocenters. The van der Waals surface area contributed by atoms with Crippen LogP contribution in [-0.4, -0.2) is 52.0 Å². The fraction of sp³-hybridized carbons (Fsp3) is 0.261. The molecule has 0 spiro atoms. The molecule has 2 aromatic heterocycles. The monoisotopic (exact) mass is 484 g/mol. The summed E-state index contributed by atoms with van der Waals surface area (Å²) in [6.07, 6.45) is 0.305. The number of aliphatic hydroxyl groups is 1. The summed E-state index contributed by atoms with van der Waals surface area (Å²) in [6.45, 7) is 1.31. The van der Waals surface area contributed by atoms with E-state index in [9.17, 15) is 23.1 Å². The maximum Gasteiger partial charge on any atom is 0.573 e. The molecule has 1 aliphatic rings. The number of hydrogen-bond donors (Lipinski definition) is 2. The molecule has 3 heterocycles. The summed E-state index contributed by atoms with van der Waals surface area (Å²) in [5.41, 5.74) is 1.57. The summed E-state index contributed by atoms with van der Waals surface area (Å²) >= 11 is 0. The molecule has 0 radical (unpaired) electrons. The molecule has 9 nitrogen and oxygen atoms in total. The summed E-state index contributed by atoms with van der Waals surface area (Å²) in [5, 5.41) is 21.1. The van der Waals surface area contributed by atoms with Crippen molar-refractivity contribution in [2.45, 2.75) is 12.8 Å². The second kappa shape index (κ2) is 9.94. The molecule has 0 bridgehead atoms. The number of hydrogen-bond acceptors (Lipinski definition) is 8. The van der Waals surface area contributed by atoms with Crippen LogP contribution in [-0.2, 0) is 0 Å². The lowest BCUT2D eigenvalue weighted by molar-refractivity contribution is -0.274. The van der Waals surface area contributed by atoms with Crippen molar-refractivity contribution < 1.29 is 27.8 Å². The van der Waals surface area contributed by atoms with Crippen molar-refractivity contribution in [3.63, 3.8) is 0 Å². The Balaban J connectivity index is 1.60. The largest absolute Gasteiger partial charge is 0.573 e. The van der Waals surface area contributed by atoms with Gasteiger partial charge in [-0.1, -0.05) is 0 Å². The van der Waals surface area contributed by atoms with Crippen LogP contribution in [0.4, 0.5) is 24.7 Å². The zero-order valence-corrected chi connectivity index (χ0v) is 18.2. The molecule has 12 heteroatoms. The number of amides is 1. The smallest absolute Gasteiger partial charge is 0.406 e. The first kappa shape index (κ1) is 23.9. The predicted octanol–water partition coefficient (Wildman–Crippen LogP) is 3.38. The minimum Gasteiger partial charge on any atom is -0.406 e. The van der Waals surface area contributed by atoms with Crippen LogP contribution in [0.2, 0.25) is 0 Å². The number of rotatable bonds is 6. The predicted molar refractivity (Wildman–Crippen MR) is 118 cm³/mol. The average molecular weight is 484 g/mol. The van der Waals surface area contributed by atoms with E-state index in [2.05, 4.69) is 25.0 Å². The number of carbonyl (C=O) groups excluding carboxylic acids is 1. The Morgan fingerprint density at radius 2 is 1.91 bits per heavy atom. The van der Waals surface area contributed by atoms with Crippen molar-refractivity contribution >= 4 is 17.4 Å². The first-order valence-electron chi connectivity index (χ1n) is 10.5. The van der Waals surface area contributed by atoms with Gasteiger partial charge in [-0.25, -0.2) is 15.0 Å². The third kappa shape index (κ3) is 5.82. The highest BCUT2D eigenvalue weighted by molar-refractivity contribution is 6.05. The number of pyridine rings is 1. The van der Waals surface area contributed by atoms with E-state index in [1.165, 1.54) is 30.7 Å². The number of halogens is 3. The molecule has 1 saturated heterocycles. The van der Waals surface area contributed by atoms with Crippen molar-refractivity contribution in [1.82, 2.24) is 15.0 Å². The number of nitrogens with zero attached hydrogens (tertiary/aromatic N) is 5. The molecule has 180 valence electrons. The number of ether oxygens (including phenoxy) is 1. The molecule has 1 amide bonds. The summed E-state index contributed by atoms with van der Waals surface area (Å²) < 4.78 is 40.9. The van der Waals surface area contributed by atoms with Crippen molar-refractivity contribution in [2.24, 2.45) is 5.92 Å². The van der Waals surface area contributed by atoms with Gasteiger partial charge in [-0.15, -0.1) is 13.2 Å². The number of aromatic nitrogens is 3. The van der Waals surface area contributed by atoms with Crippen LogP contribution < -0.4 is 15.0 Å². The van der Waals surface area contributed by atoms with E-state index in [-0.39, 0.29) is 29.6 Å². The first-order chi connectivity index (χ1) is 16.8. The van der Waals surface area contributed by atoms with E-state index >= 15 is 0 Å². The standard InChI is InChI=1S/C23H19F3N6O3/c24-23(25,26)35-18-3-1-17(2-4-18)31-22(34)15-7-19(16-10-28-20(8-27)29-11-16)21(30-9-15)32-6-5-14(12-32)13-33/h1-4,7,9-11,14,33H,5-6,12-13H2,(H,31,34). The Morgan fingerprint density at radius 1 is 1.20 bits per heavy atom. The Hall–Kier alpha value is -4.24. The lowest BCUT2D eigenvalue weighted by Crippen LogP contribution is -2.23. The number of nitrogens with one attached hydrogen (secondary N) is 1. The van der Waals surface area contributed by atoms with Gasteiger partial charge in [-0.2, -0.15) is 5.26 Å². The molecular weight excluding hydrogens is 465 g/mol. The summed E-state index contributed by atoms with van der Waals surface area (Å²) in [7, 11) is 0. The third-order valence-corrected chi connectivity index (χ3v) is 5.38. The number of anilines is 2. The molecule has 2 N–H and O–H groups in total. The summed E-state index contributed by atoms with van der Waals surface area (Å²) in [4.78, 5) is 27.3. The van der Waals surface area contributed by atoms with Crippen LogP contribution in [0.15, 0.2) is 48.9 Å². The Bertz CT molecular complexity index is 1240. The Labute approximate surface area is 197 Å². The topological polar surface area (TPSA) is 124 Å². The third-order valence-electron chi connectivity index (χ3n) is 5.38. The van der Waals surface area contributed by atoms with Crippen LogP contribution in [0.25, 0.3) is 11.1 Å². The minimum absolute atomic E-state index is 0.00313. The molecule has 3 aromatic rings. The van der Waals surface area contributed by atoms with Gasteiger partial charge in [0.25, 0.3) is 5.91 Å². The highest BCUT2D eigenvalue weighted by Crippen LogP contribution is 2.33. The molecule has 0 aliphatic carbocycles. The highest BCUT2D eigenvalue weighted by atomic mass is 19.4. The molecule has 1 fully saturated rings. The van der Waals surface area contributed by atoms with E-state index in [1.807, 2.05) is 11.0 Å². The first-order valence-corrected chi connectivity index (χ1v) is 10.5. The zero-order chi connectivity index (χ0) is 25.0. The molecule has 1 aliphatic heterocycles. The fourth-order valence-electron chi connectivity index (χ4n) is 3.69. The molecule has 4 rings (SSSR count). The molecular formula is C23H19F3N6O3. The second-order valence-electron chi connectivity index (χ2n) is 7.81. The summed E-state index contributed by atoms with van der Waals surface area (Å²) in [5.74, 6) is -0.249. The minimum atomic E-state index is -4.81.